The van der Waals surface area contributed by atoms with Crippen molar-refractivity contribution in [2.75, 3.05) is 26.2 Å². The molecule has 0 saturated carbocycles. The van der Waals surface area contributed by atoms with Crippen molar-refractivity contribution in [3.63, 3.8) is 0 Å². The molecule has 0 spiro atoms. The fraction of sp³-hybridized carbons (Fsp3) is 0.833. The van der Waals surface area contributed by atoms with E-state index in [4.69, 9.17) is 0 Å². The van der Waals surface area contributed by atoms with Crippen LogP contribution in [0.1, 0.15) is 6.92 Å². The zero-order valence-corrected chi connectivity index (χ0v) is 7.70. The van der Waals surface area contributed by atoms with Gasteiger partial charge in [0.15, 0.2) is 5.88 Å². The monoisotopic (exact) mass is 164 g/mol. The van der Waals surface area contributed by atoms with Crippen molar-refractivity contribution in [1.82, 2.24) is 0 Å². The Bertz CT molecular complexity index is 165. The molecule has 0 aliphatic rings. The first-order valence-electron chi connectivity index (χ1n) is 3.00. The van der Waals surface area contributed by atoms with Gasteiger partial charge in [-0.15, -0.1) is 0 Å². The zero-order chi connectivity index (χ0) is 8.36. The van der Waals surface area contributed by atoms with Gasteiger partial charge in [-0.05, 0) is 0 Å². The minimum absolute atomic E-state index is 0.0372. The fourth-order valence-corrected chi connectivity index (χ4v) is 1.64. The van der Waals surface area contributed by atoms with Crippen LogP contribution in [0.2, 0.25) is 0 Å². The molecule has 1 unspecified atom stereocenters. The maximum absolute atomic E-state index is 10.8. The Morgan fingerprint density at radius 2 is 1.90 bits per heavy atom. The highest BCUT2D eigenvalue weighted by Crippen LogP contribution is 1.98. The molecular weight excluding hydrogens is 150 g/mol. The summed E-state index contributed by atoms with van der Waals surface area (Å²) in [6, 6.07) is 0. The Hall–Kier alpha value is -0.220. The lowest BCUT2D eigenvalue weighted by Crippen LogP contribution is -2.45. The molecule has 1 atom stereocenters. The second kappa shape index (κ2) is 3.25. The lowest BCUT2D eigenvalue weighted by atomic mass is 10.5. The molecule has 1 amide bonds. The maximum Gasteiger partial charge on any atom is 0.310 e. The van der Waals surface area contributed by atoms with E-state index in [9.17, 15) is 9.00 Å². The fourth-order valence-electron chi connectivity index (χ4n) is 0.545. The Morgan fingerprint density at radius 3 is 2.00 bits per heavy atom. The Balaban J connectivity index is 4.13. The first-order chi connectivity index (χ1) is 4.36. The Labute approximate surface area is 64.1 Å². The zero-order valence-electron chi connectivity index (χ0n) is 6.88. The first kappa shape index (κ1) is 9.78. The van der Waals surface area contributed by atoms with Crippen LogP contribution in [0.4, 0.5) is 0 Å². The van der Waals surface area contributed by atoms with Gasteiger partial charge in [0.05, 0.1) is 31.8 Å². The van der Waals surface area contributed by atoms with Crippen molar-refractivity contribution in [3.8, 4) is 0 Å². The van der Waals surface area contributed by atoms with Gasteiger partial charge in [-0.1, -0.05) is 0 Å². The summed E-state index contributed by atoms with van der Waals surface area (Å²) in [5, 5.41) is 0. The molecule has 0 rings (SSSR count). The van der Waals surface area contributed by atoms with Crippen LogP contribution in [0, 0.1) is 0 Å². The van der Waals surface area contributed by atoms with Gasteiger partial charge in [0.2, 0.25) is 0 Å². The van der Waals surface area contributed by atoms with Gasteiger partial charge in [-0.25, -0.2) is 4.79 Å². The molecule has 0 fully saturated rings. The summed E-state index contributed by atoms with van der Waals surface area (Å²) in [5.74, 6) is 0.435. The standard InChI is InChI=1S/C6H14NO2S/c1-6(8)7(2,3)5-10(4)9/h5H2,1-4H3/q+1. The minimum atomic E-state index is -0.904. The van der Waals surface area contributed by atoms with E-state index in [1.807, 2.05) is 0 Å². The van der Waals surface area contributed by atoms with Gasteiger partial charge in [-0.3, -0.25) is 8.69 Å². The van der Waals surface area contributed by atoms with E-state index in [0.717, 1.165) is 0 Å². The van der Waals surface area contributed by atoms with E-state index in [0.29, 0.717) is 5.88 Å². The predicted molar refractivity (Wildman–Crippen MR) is 41.7 cm³/mol. The quantitative estimate of drug-likeness (QED) is 0.536. The van der Waals surface area contributed by atoms with Crippen molar-refractivity contribution >= 4 is 16.7 Å². The molecule has 10 heavy (non-hydrogen) atoms. The lowest BCUT2D eigenvalue weighted by Gasteiger charge is -2.23. The Morgan fingerprint density at radius 1 is 1.50 bits per heavy atom. The number of carbonyl (C=O) groups is 1. The summed E-state index contributed by atoms with van der Waals surface area (Å²) in [5.41, 5.74) is 0. The van der Waals surface area contributed by atoms with Crippen LogP contribution in [0.25, 0.3) is 0 Å². The molecule has 0 aromatic carbocycles. The SMILES string of the molecule is CC(=O)[N+](C)(C)CS(C)=O. The summed E-state index contributed by atoms with van der Waals surface area (Å²) in [7, 11) is 2.60. The van der Waals surface area contributed by atoms with Crippen LogP contribution in [-0.2, 0) is 15.6 Å². The molecule has 0 aliphatic carbocycles. The van der Waals surface area contributed by atoms with E-state index in [1.54, 1.807) is 20.4 Å². The van der Waals surface area contributed by atoms with E-state index < -0.39 is 10.8 Å². The largest absolute Gasteiger partial charge is 0.310 e. The third-order valence-corrected chi connectivity index (χ3v) is 2.37. The molecule has 4 heteroatoms. The molecule has 0 saturated heterocycles. The van der Waals surface area contributed by atoms with E-state index in [-0.39, 0.29) is 10.4 Å². The van der Waals surface area contributed by atoms with Gasteiger partial charge in [-0.2, -0.15) is 0 Å². The predicted octanol–water partition coefficient (Wildman–Crippen LogP) is -0.0547. The summed E-state index contributed by atoms with van der Waals surface area (Å²) in [6.45, 7) is 1.51. The summed E-state index contributed by atoms with van der Waals surface area (Å²) >= 11 is 0. The van der Waals surface area contributed by atoms with Crippen LogP contribution >= 0.6 is 0 Å². The van der Waals surface area contributed by atoms with Crippen molar-refractivity contribution in [2.45, 2.75) is 6.92 Å². The minimum Gasteiger partial charge on any atom is -0.255 e. The van der Waals surface area contributed by atoms with Gasteiger partial charge in [0.25, 0.3) is 0 Å². The third kappa shape index (κ3) is 3.08. The van der Waals surface area contributed by atoms with Gasteiger partial charge >= 0.3 is 5.91 Å². The molecule has 0 N–H and O–H groups in total. The number of hydrogen-bond donors (Lipinski definition) is 0. The second-order valence-corrected chi connectivity index (χ2v) is 4.31. The number of quaternary nitrogens is 1. The first-order valence-corrected chi connectivity index (χ1v) is 4.73. The third-order valence-electron chi connectivity index (χ3n) is 1.36. The van der Waals surface area contributed by atoms with Crippen molar-refractivity contribution < 1.29 is 13.5 Å². The smallest absolute Gasteiger partial charge is 0.255 e. The number of rotatable bonds is 2. The average Bonchev–Trinajstić information content (AvgIpc) is 1.60. The van der Waals surface area contributed by atoms with Crippen LogP contribution in [0.5, 0.6) is 0 Å². The number of amides is 1. The molecule has 60 valence electrons. The average molecular weight is 164 g/mol. The van der Waals surface area contributed by atoms with E-state index in [2.05, 4.69) is 0 Å². The number of hydrogen-bond acceptors (Lipinski definition) is 2. The van der Waals surface area contributed by atoms with Gasteiger partial charge < -0.3 is 0 Å². The molecule has 0 aromatic rings. The van der Waals surface area contributed by atoms with Crippen LogP contribution in [0.15, 0.2) is 0 Å². The van der Waals surface area contributed by atoms with Crippen molar-refractivity contribution in [2.24, 2.45) is 0 Å². The second-order valence-electron chi connectivity index (χ2n) is 2.91. The van der Waals surface area contributed by atoms with E-state index in [1.165, 1.54) is 6.92 Å². The van der Waals surface area contributed by atoms with E-state index >= 15 is 0 Å². The molecule has 0 radical (unpaired) electrons. The highest BCUT2D eigenvalue weighted by Gasteiger charge is 2.22. The van der Waals surface area contributed by atoms with Crippen LogP contribution < -0.4 is 0 Å². The summed E-state index contributed by atoms with van der Waals surface area (Å²) < 4.78 is 10.9. The highest BCUT2D eigenvalue weighted by molar-refractivity contribution is 7.84. The summed E-state index contributed by atoms with van der Waals surface area (Å²) in [4.78, 5) is 10.8. The van der Waals surface area contributed by atoms with Crippen LogP contribution in [-0.4, -0.2) is 40.8 Å². The summed E-state index contributed by atoms with van der Waals surface area (Å²) in [6.07, 6.45) is 1.60. The molecular formula is C6H14NO2S+. The normalized spacial score (nSPS) is 14.8. The van der Waals surface area contributed by atoms with Gasteiger partial charge in [0.1, 0.15) is 0 Å². The Kier molecular flexibility index (Phi) is 3.18. The molecule has 0 aromatic heterocycles. The van der Waals surface area contributed by atoms with Crippen molar-refractivity contribution in [1.29, 1.82) is 0 Å². The molecule has 3 nitrogen and oxygen atoms in total. The number of nitrogens with zero attached hydrogens (tertiary/aromatic N) is 1. The van der Waals surface area contributed by atoms with Gasteiger partial charge in [0, 0.05) is 6.26 Å². The van der Waals surface area contributed by atoms with Crippen LogP contribution in [0.3, 0.4) is 0 Å². The topological polar surface area (TPSA) is 34.1 Å². The maximum atomic E-state index is 10.8. The van der Waals surface area contributed by atoms with Crippen molar-refractivity contribution in [3.05, 3.63) is 0 Å². The molecule has 0 bridgehead atoms. The lowest BCUT2D eigenvalue weighted by molar-refractivity contribution is -0.799. The highest BCUT2D eigenvalue weighted by atomic mass is 32.2. The molecule has 0 aliphatic heterocycles. The number of carbonyl (C=O) groups excluding carboxylic acids is 1. The molecule has 0 heterocycles.